The molecule has 0 saturated carbocycles. The molecule has 110 valence electrons. The van der Waals surface area contributed by atoms with E-state index in [0.717, 1.165) is 18.5 Å². The van der Waals surface area contributed by atoms with Gasteiger partial charge >= 0.3 is 0 Å². The van der Waals surface area contributed by atoms with Crippen molar-refractivity contribution in [1.82, 2.24) is 15.3 Å². The average Bonchev–Trinajstić information content (AvgIpc) is 2.52. The Kier molecular flexibility index (Phi) is 5.26. The highest BCUT2D eigenvalue weighted by atomic mass is 16.1. The zero-order chi connectivity index (χ0) is 15.1. The summed E-state index contributed by atoms with van der Waals surface area (Å²) in [7, 11) is 0. The van der Waals surface area contributed by atoms with E-state index in [2.05, 4.69) is 27.5 Å². The fourth-order valence-corrected chi connectivity index (χ4v) is 1.77. The van der Waals surface area contributed by atoms with Crippen molar-refractivity contribution in [3.05, 3.63) is 53.5 Å². The quantitative estimate of drug-likeness (QED) is 0.855. The molecule has 5 heteroatoms. The van der Waals surface area contributed by atoms with E-state index in [9.17, 15) is 4.79 Å². The van der Waals surface area contributed by atoms with Gasteiger partial charge in [0.15, 0.2) is 0 Å². The molecular weight excluding hydrogens is 264 g/mol. The minimum absolute atomic E-state index is 0.217. The van der Waals surface area contributed by atoms with Crippen molar-refractivity contribution in [2.45, 2.75) is 26.8 Å². The first-order valence-corrected chi connectivity index (χ1v) is 7.08. The Labute approximate surface area is 124 Å². The molecule has 0 unspecified atom stereocenters. The number of nitrogens with zero attached hydrogens (tertiary/aromatic N) is 2. The van der Waals surface area contributed by atoms with Gasteiger partial charge in [-0.2, -0.15) is 0 Å². The van der Waals surface area contributed by atoms with Crippen LogP contribution in [0, 0.1) is 6.92 Å². The lowest BCUT2D eigenvalue weighted by Gasteiger charge is -2.06. The van der Waals surface area contributed by atoms with E-state index >= 15 is 0 Å². The van der Waals surface area contributed by atoms with Gasteiger partial charge in [-0.05, 0) is 18.9 Å². The lowest BCUT2D eigenvalue weighted by atomic mass is 10.1. The second-order valence-electron chi connectivity index (χ2n) is 4.88. The van der Waals surface area contributed by atoms with Crippen molar-refractivity contribution in [3.8, 4) is 0 Å². The highest BCUT2D eigenvalue weighted by Crippen LogP contribution is 2.04. The predicted octanol–water partition coefficient (Wildman–Crippen LogP) is 2.54. The van der Waals surface area contributed by atoms with E-state index in [1.165, 1.54) is 11.8 Å². The molecule has 0 atom stereocenters. The Balaban J connectivity index is 1.89. The monoisotopic (exact) mass is 284 g/mol. The molecule has 5 nitrogen and oxygen atoms in total. The molecule has 0 aliphatic heterocycles. The number of aromatic nitrogens is 2. The van der Waals surface area contributed by atoms with Crippen molar-refractivity contribution in [1.29, 1.82) is 0 Å². The highest BCUT2D eigenvalue weighted by Gasteiger charge is 2.07. The van der Waals surface area contributed by atoms with E-state index in [1.807, 2.05) is 31.2 Å². The Bertz CT molecular complexity index is 578. The molecule has 1 aromatic heterocycles. The number of carbonyl (C=O) groups is 1. The number of hydrogen-bond acceptors (Lipinski definition) is 4. The molecule has 0 fully saturated rings. The van der Waals surface area contributed by atoms with E-state index in [1.54, 1.807) is 6.20 Å². The first-order valence-electron chi connectivity index (χ1n) is 7.08. The fourth-order valence-electron chi connectivity index (χ4n) is 1.77. The molecular formula is C16H20N4O. The van der Waals surface area contributed by atoms with Crippen molar-refractivity contribution >= 4 is 11.7 Å². The minimum atomic E-state index is -0.217. The first-order chi connectivity index (χ1) is 10.2. The molecule has 2 N–H and O–H groups in total. The van der Waals surface area contributed by atoms with Crippen molar-refractivity contribution in [3.63, 3.8) is 0 Å². The van der Waals surface area contributed by atoms with Crippen LogP contribution in [0.2, 0.25) is 0 Å². The van der Waals surface area contributed by atoms with Crippen LogP contribution in [0.1, 0.15) is 35.0 Å². The Morgan fingerprint density at radius 1 is 1.14 bits per heavy atom. The molecule has 1 aromatic carbocycles. The summed E-state index contributed by atoms with van der Waals surface area (Å²) >= 11 is 0. The second-order valence-corrected chi connectivity index (χ2v) is 4.88. The van der Waals surface area contributed by atoms with Gasteiger partial charge < -0.3 is 10.6 Å². The maximum atomic E-state index is 12.0. The number of carbonyl (C=O) groups excluding carboxylic acids is 1. The molecule has 0 radical (unpaired) electrons. The first kappa shape index (κ1) is 15.0. The minimum Gasteiger partial charge on any atom is -0.369 e. The molecule has 0 saturated heterocycles. The predicted molar refractivity (Wildman–Crippen MR) is 83.2 cm³/mol. The van der Waals surface area contributed by atoms with Gasteiger partial charge in [0.2, 0.25) is 0 Å². The van der Waals surface area contributed by atoms with Crippen LogP contribution < -0.4 is 10.6 Å². The topological polar surface area (TPSA) is 66.9 Å². The smallest absolute Gasteiger partial charge is 0.271 e. The van der Waals surface area contributed by atoms with Gasteiger partial charge in [0.25, 0.3) is 5.91 Å². The Morgan fingerprint density at radius 3 is 2.52 bits per heavy atom. The maximum absolute atomic E-state index is 12.0. The molecule has 0 bridgehead atoms. The number of aryl methyl sites for hydroxylation is 1. The standard InChI is InChI=1S/C16H20N4O/c1-3-8-17-15-11-18-14(10-19-15)16(21)20-9-13-6-4-12(2)5-7-13/h4-7,10-11H,3,8-9H2,1-2H3,(H,17,19)(H,20,21). The third kappa shape index (κ3) is 4.56. The van der Waals surface area contributed by atoms with E-state index in [-0.39, 0.29) is 5.91 Å². The lowest BCUT2D eigenvalue weighted by Crippen LogP contribution is -2.24. The van der Waals surface area contributed by atoms with Gasteiger partial charge in [-0.15, -0.1) is 0 Å². The SMILES string of the molecule is CCCNc1cnc(C(=O)NCc2ccc(C)cc2)cn1. The fraction of sp³-hybridized carbons (Fsp3) is 0.312. The van der Waals surface area contributed by atoms with Crippen LogP contribution in [0.3, 0.4) is 0 Å². The number of amides is 1. The van der Waals surface area contributed by atoms with Crippen LogP contribution in [0.15, 0.2) is 36.7 Å². The summed E-state index contributed by atoms with van der Waals surface area (Å²) in [6.07, 6.45) is 4.08. The molecule has 0 spiro atoms. The summed E-state index contributed by atoms with van der Waals surface area (Å²) < 4.78 is 0. The zero-order valence-corrected chi connectivity index (χ0v) is 12.4. The number of anilines is 1. The van der Waals surface area contributed by atoms with Gasteiger partial charge in [-0.1, -0.05) is 36.8 Å². The number of nitrogens with one attached hydrogen (secondary N) is 2. The zero-order valence-electron chi connectivity index (χ0n) is 12.4. The van der Waals surface area contributed by atoms with E-state index in [0.29, 0.717) is 18.1 Å². The second kappa shape index (κ2) is 7.38. The van der Waals surface area contributed by atoms with Gasteiger partial charge in [0.05, 0.1) is 12.4 Å². The summed E-state index contributed by atoms with van der Waals surface area (Å²) in [5.41, 5.74) is 2.58. The van der Waals surface area contributed by atoms with Crippen LogP contribution >= 0.6 is 0 Å². The number of hydrogen-bond donors (Lipinski definition) is 2. The van der Waals surface area contributed by atoms with Crippen LogP contribution in [0.25, 0.3) is 0 Å². The summed E-state index contributed by atoms with van der Waals surface area (Å²) in [5.74, 6) is 0.469. The Hall–Kier alpha value is -2.43. The molecule has 21 heavy (non-hydrogen) atoms. The van der Waals surface area contributed by atoms with Gasteiger partial charge in [-0.25, -0.2) is 9.97 Å². The largest absolute Gasteiger partial charge is 0.369 e. The Morgan fingerprint density at radius 2 is 1.90 bits per heavy atom. The van der Waals surface area contributed by atoms with E-state index in [4.69, 9.17) is 0 Å². The van der Waals surface area contributed by atoms with Crippen LogP contribution in [-0.4, -0.2) is 22.4 Å². The summed E-state index contributed by atoms with van der Waals surface area (Å²) in [6, 6.07) is 8.04. The molecule has 1 amide bonds. The van der Waals surface area contributed by atoms with Gasteiger partial charge in [-0.3, -0.25) is 4.79 Å². The normalized spacial score (nSPS) is 10.2. The third-order valence-corrected chi connectivity index (χ3v) is 3.01. The third-order valence-electron chi connectivity index (χ3n) is 3.01. The van der Waals surface area contributed by atoms with Crippen LogP contribution in [-0.2, 0) is 6.54 Å². The van der Waals surface area contributed by atoms with Crippen molar-refractivity contribution < 1.29 is 4.79 Å². The van der Waals surface area contributed by atoms with E-state index < -0.39 is 0 Å². The molecule has 0 aliphatic carbocycles. The van der Waals surface area contributed by atoms with Crippen LogP contribution in [0.5, 0.6) is 0 Å². The van der Waals surface area contributed by atoms with Crippen LogP contribution in [0.4, 0.5) is 5.82 Å². The molecule has 1 heterocycles. The summed E-state index contributed by atoms with van der Waals surface area (Å²) in [6.45, 7) is 5.43. The average molecular weight is 284 g/mol. The summed E-state index contributed by atoms with van der Waals surface area (Å²) in [5, 5.41) is 5.95. The van der Waals surface area contributed by atoms with Gasteiger partial charge in [0, 0.05) is 13.1 Å². The highest BCUT2D eigenvalue weighted by molar-refractivity contribution is 5.91. The summed E-state index contributed by atoms with van der Waals surface area (Å²) in [4.78, 5) is 20.3. The van der Waals surface area contributed by atoms with Crippen molar-refractivity contribution in [2.75, 3.05) is 11.9 Å². The number of benzene rings is 1. The molecule has 2 aromatic rings. The molecule has 2 rings (SSSR count). The number of rotatable bonds is 6. The maximum Gasteiger partial charge on any atom is 0.271 e. The van der Waals surface area contributed by atoms with Gasteiger partial charge in [0.1, 0.15) is 11.5 Å². The molecule has 0 aliphatic rings. The van der Waals surface area contributed by atoms with Crippen molar-refractivity contribution in [2.24, 2.45) is 0 Å². The lowest BCUT2D eigenvalue weighted by molar-refractivity contribution is 0.0945.